The Labute approximate surface area is 167 Å². The Morgan fingerprint density at radius 3 is 2.57 bits per heavy atom. The van der Waals surface area contributed by atoms with Gasteiger partial charge in [-0.1, -0.05) is 29.8 Å². The van der Waals surface area contributed by atoms with E-state index in [4.69, 9.17) is 11.6 Å². The highest BCUT2D eigenvalue weighted by atomic mass is 35.5. The van der Waals surface area contributed by atoms with Gasteiger partial charge in [-0.15, -0.1) is 0 Å². The molecular formula is C20H20ClN3O4. The van der Waals surface area contributed by atoms with Crippen molar-refractivity contribution >= 4 is 34.5 Å². The number of halogens is 1. The number of anilines is 1. The standard InChI is InChI=1S/C20H20ClN3O4/c1-13(20(26)22-19-7-4-16(24(27)28)12-18(19)21)23-10-8-15(9-11-23)14-2-5-17(25)6-3-14/h2-8,12-13,25H,9-11H2,1H3,(H,22,26). The van der Waals surface area contributed by atoms with Gasteiger partial charge in [-0.3, -0.25) is 19.8 Å². The molecule has 0 fully saturated rings. The van der Waals surface area contributed by atoms with Gasteiger partial charge < -0.3 is 10.4 Å². The van der Waals surface area contributed by atoms with Crippen LogP contribution in [0, 0.1) is 10.1 Å². The predicted octanol–water partition coefficient (Wildman–Crippen LogP) is 4.07. The number of nitrogens with one attached hydrogen (secondary N) is 1. The van der Waals surface area contributed by atoms with Crippen LogP contribution in [0.25, 0.3) is 5.57 Å². The first-order valence-electron chi connectivity index (χ1n) is 8.82. The summed E-state index contributed by atoms with van der Waals surface area (Å²) in [5, 5.41) is 23.0. The van der Waals surface area contributed by atoms with Crippen LogP contribution in [-0.4, -0.2) is 40.0 Å². The van der Waals surface area contributed by atoms with Crippen molar-refractivity contribution in [2.45, 2.75) is 19.4 Å². The Morgan fingerprint density at radius 1 is 1.29 bits per heavy atom. The number of nitro groups is 1. The van der Waals surface area contributed by atoms with E-state index in [0.29, 0.717) is 12.2 Å². The molecule has 2 aromatic rings. The number of phenolic OH excluding ortho intramolecular Hbond substituents is 1. The number of hydrogen-bond acceptors (Lipinski definition) is 5. The minimum atomic E-state index is -0.536. The third kappa shape index (κ3) is 4.49. The number of non-ortho nitro benzene ring substituents is 1. The number of phenols is 1. The summed E-state index contributed by atoms with van der Waals surface area (Å²) >= 11 is 6.05. The largest absolute Gasteiger partial charge is 0.508 e. The first kappa shape index (κ1) is 19.9. The maximum atomic E-state index is 12.6. The molecule has 146 valence electrons. The summed E-state index contributed by atoms with van der Waals surface area (Å²) in [6.45, 7) is 3.15. The first-order chi connectivity index (χ1) is 13.3. The Morgan fingerprint density at radius 2 is 2.00 bits per heavy atom. The Bertz CT molecular complexity index is 928. The highest BCUT2D eigenvalue weighted by Gasteiger charge is 2.24. The Hall–Kier alpha value is -2.90. The van der Waals surface area contributed by atoms with Crippen LogP contribution in [0.2, 0.25) is 5.02 Å². The number of aromatic hydroxyl groups is 1. The van der Waals surface area contributed by atoms with Crippen molar-refractivity contribution in [1.29, 1.82) is 0 Å². The smallest absolute Gasteiger partial charge is 0.271 e. The fourth-order valence-electron chi connectivity index (χ4n) is 3.10. The molecule has 1 atom stereocenters. The molecule has 2 N–H and O–H groups in total. The van der Waals surface area contributed by atoms with Crippen LogP contribution in [0.15, 0.2) is 48.5 Å². The molecule has 0 saturated heterocycles. The lowest BCUT2D eigenvalue weighted by Gasteiger charge is -2.31. The lowest BCUT2D eigenvalue weighted by molar-refractivity contribution is -0.384. The van der Waals surface area contributed by atoms with Crippen molar-refractivity contribution in [3.8, 4) is 5.75 Å². The second-order valence-corrected chi connectivity index (χ2v) is 7.01. The zero-order valence-electron chi connectivity index (χ0n) is 15.3. The number of amides is 1. The molecule has 0 aromatic heterocycles. The average Bonchev–Trinajstić information content (AvgIpc) is 2.69. The second kappa shape index (κ2) is 8.41. The lowest BCUT2D eigenvalue weighted by Crippen LogP contribution is -2.44. The number of hydrogen-bond donors (Lipinski definition) is 2. The Kier molecular flexibility index (Phi) is 5.96. The highest BCUT2D eigenvalue weighted by molar-refractivity contribution is 6.34. The van der Waals surface area contributed by atoms with Gasteiger partial charge in [-0.25, -0.2) is 0 Å². The fraction of sp³-hybridized carbons (Fsp3) is 0.250. The molecule has 0 radical (unpaired) electrons. The van der Waals surface area contributed by atoms with E-state index in [2.05, 4.69) is 11.4 Å². The second-order valence-electron chi connectivity index (χ2n) is 6.61. The molecule has 8 heteroatoms. The van der Waals surface area contributed by atoms with Gasteiger partial charge in [0.15, 0.2) is 0 Å². The van der Waals surface area contributed by atoms with Crippen LogP contribution in [-0.2, 0) is 4.79 Å². The molecule has 0 aliphatic carbocycles. The van der Waals surface area contributed by atoms with Gasteiger partial charge in [0.1, 0.15) is 5.75 Å². The zero-order chi connectivity index (χ0) is 20.3. The Balaban J connectivity index is 1.63. The van der Waals surface area contributed by atoms with Crippen LogP contribution >= 0.6 is 11.6 Å². The van der Waals surface area contributed by atoms with Gasteiger partial charge in [-0.05, 0) is 42.7 Å². The summed E-state index contributed by atoms with van der Waals surface area (Å²) in [4.78, 5) is 24.9. The molecule has 1 heterocycles. The van der Waals surface area contributed by atoms with Gasteiger partial charge in [0.05, 0.1) is 21.7 Å². The van der Waals surface area contributed by atoms with E-state index >= 15 is 0 Å². The van der Waals surface area contributed by atoms with Crippen LogP contribution in [0.4, 0.5) is 11.4 Å². The first-order valence-corrected chi connectivity index (χ1v) is 9.20. The summed E-state index contributed by atoms with van der Waals surface area (Å²) in [6.07, 6.45) is 2.87. The molecule has 0 spiro atoms. The molecular weight excluding hydrogens is 382 g/mol. The number of nitrogens with zero attached hydrogens (tertiary/aromatic N) is 2. The molecule has 1 amide bonds. The van der Waals surface area contributed by atoms with Gasteiger partial charge in [-0.2, -0.15) is 0 Å². The molecule has 0 bridgehead atoms. The van der Waals surface area contributed by atoms with Gasteiger partial charge >= 0.3 is 0 Å². The highest BCUT2D eigenvalue weighted by Crippen LogP contribution is 2.28. The molecule has 1 unspecified atom stereocenters. The van der Waals surface area contributed by atoms with Crippen molar-refractivity contribution in [3.05, 3.63) is 69.2 Å². The number of benzene rings is 2. The lowest BCUT2D eigenvalue weighted by atomic mass is 9.98. The number of carbonyl (C=O) groups excluding carboxylic acids is 1. The van der Waals surface area contributed by atoms with Crippen LogP contribution in [0.1, 0.15) is 18.9 Å². The summed E-state index contributed by atoms with van der Waals surface area (Å²) in [5.74, 6) is 0.00854. The number of carbonyl (C=O) groups is 1. The van der Waals surface area contributed by atoms with E-state index < -0.39 is 4.92 Å². The summed E-state index contributed by atoms with van der Waals surface area (Å²) < 4.78 is 0. The summed E-state index contributed by atoms with van der Waals surface area (Å²) in [6, 6.07) is 10.6. The topological polar surface area (TPSA) is 95.7 Å². The molecule has 3 rings (SSSR count). The molecule has 28 heavy (non-hydrogen) atoms. The average molecular weight is 402 g/mol. The normalized spacial score (nSPS) is 15.6. The van der Waals surface area contributed by atoms with E-state index in [1.807, 2.05) is 24.0 Å². The van der Waals surface area contributed by atoms with E-state index in [9.17, 15) is 20.0 Å². The van der Waals surface area contributed by atoms with Crippen LogP contribution in [0.5, 0.6) is 5.75 Å². The van der Waals surface area contributed by atoms with Crippen molar-refractivity contribution in [2.75, 3.05) is 18.4 Å². The van der Waals surface area contributed by atoms with Crippen molar-refractivity contribution < 1.29 is 14.8 Å². The van der Waals surface area contributed by atoms with Crippen LogP contribution < -0.4 is 5.32 Å². The van der Waals surface area contributed by atoms with E-state index in [-0.39, 0.29) is 28.4 Å². The van der Waals surface area contributed by atoms with Gasteiger partial charge in [0.25, 0.3) is 5.69 Å². The number of nitro benzene ring substituents is 1. The number of rotatable bonds is 5. The molecule has 7 nitrogen and oxygen atoms in total. The maximum absolute atomic E-state index is 12.6. The predicted molar refractivity (Wildman–Crippen MR) is 108 cm³/mol. The van der Waals surface area contributed by atoms with Crippen molar-refractivity contribution in [3.63, 3.8) is 0 Å². The maximum Gasteiger partial charge on any atom is 0.271 e. The van der Waals surface area contributed by atoms with Crippen molar-refractivity contribution in [2.24, 2.45) is 0 Å². The van der Waals surface area contributed by atoms with E-state index in [1.54, 1.807) is 12.1 Å². The molecule has 2 aromatic carbocycles. The minimum Gasteiger partial charge on any atom is -0.508 e. The molecule has 0 saturated carbocycles. The fourth-order valence-corrected chi connectivity index (χ4v) is 3.32. The van der Waals surface area contributed by atoms with Gasteiger partial charge in [0.2, 0.25) is 5.91 Å². The molecule has 1 aliphatic rings. The minimum absolute atomic E-state index is 0.126. The molecule has 1 aliphatic heterocycles. The van der Waals surface area contributed by atoms with Gasteiger partial charge in [0, 0.05) is 25.2 Å². The van der Waals surface area contributed by atoms with E-state index in [1.165, 1.54) is 23.8 Å². The summed E-state index contributed by atoms with van der Waals surface area (Å²) in [7, 11) is 0. The van der Waals surface area contributed by atoms with E-state index in [0.717, 1.165) is 18.5 Å². The zero-order valence-corrected chi connectivity index (χ0v) is 16.0. The van der Waals surface area contributed by atoms with Crippen molar-refractivity contribution in [1.82, 2.24) is 4.90 Å². The monoisotopic (exact) mass is 401 g/mol. The quantitative estimate of drug-likeness (QED) is 0.581. The third-order valence-corrected chi connectivity index (χ3v) is 5.14. The van der Waals surface area contributed by atoms with Crippen LogP contribution in [0.3, 0.4) is 0 Å². The third-order valence-electron chi connectivity index (χ3n) is 4.83. The SMILES string of the molecule is CC(C(=O)Nc1ccc([N+](=O)[O-])cc1Cl)N1CC=C(c2ccc(O)cc2)CC1. The summed E-state index contributed by atoms with van der Waals surface area (Å²) in [5.41, 5.74) is 2.47.